The van der Waals surface area contributed by atoms with E-state index >= 15 is 0 Å². The maximum atomic E-state index is 13.3. The van der Waals surface area contributed by atoms with Crippen molar-refractivity contribution in [2.75, 3.05) is 45.8 Å². The van der Waals surface area contributed by atoms with Gasteiger partial charge in [0.1, 0.15) is 5.56 Å². The molecule has 0 radical (unpaired) electrons. The van der Waals surface area contributed by atoms with E-state index in [9.17, 15) is 18.0 Å². The molecule has 3 heterocycles. The lowest BCUT2D eigenvalue weighted by molar-refractivity contribution is 0.0641. The number of fused-ring (bicyclic) bond motifs is 1. The van der Waals surface area contributed by atoms with Gasteiger partial charge in [0.2, 0.25) is 15.5 Å². The van der Waals surface area contributed by atoms with Gasteiger partial charge in [0.05, 0.1) is 10.4 Å². The summed E-state index contributed by atoms with van der Waals surface area (Å²) in [6, 6.07) is 4.67. The molecule has 2 saturated heterocycles. The lowest BCUT2D eigenvalue weighted by Gasteiger charge is -2.34. The lowest BCUT2D eigenvalue weighted by Crippen LogP contribution is -2.49. The summed E-state index contributed by atoms with van der Waals surface area (Å²) in [7, 11) is -1.91. The summed E-state index contributed by atoms with van der Waals surface area (Å²) in [5.74, 6) is -0.288. The maximum absolute atomic E-state index is 13.3. The van der Waals surface area contributed by atoms with E-state index in [-0.39, 0.29) is 21.8 Å². The molecule has 2 aromatic rings. The molecule has 0 spiro atoms. The molecule has 4 rings (SSSR count). The zero-order valence-electron chi connectivity index (χ0n) is 18.9. The van der Waals surface area contributed by atoms with Gasteiger partial charge in [-0.2, -0.15) is 4.31 Å². The van der Waals surface area contributed by atoms with E-state index in [2.05, 4.69) is 11.8 Å². The second-order valence-electron chi connectivity index (χ2n) is 8.71. The Morgan fingerprint density at radius 2 is 1.62 bits per heavy atom. The Morgan fingerprint density at radius 3 is 2.25 bits per heavy atom. The smallest absolute Gasteiger partial charge is 0.259 e. The number of aromatic nitrogens is 1. The van der Waals surface area contributed by atoms with E-state index in [0.717, 1.165) is 45.3 Å². The van der Waals surface area contributed by atoms with Gasteiger partial charge < -0.3 is 14.4 Å². The summed E-state index contributed by atoms with van der Waals surface area (Å²) in [5, 5.41) is 0.265. The molecule has 0 N–H and O–H groups in total. The number of piperazine rings is 1. The molecule has 2 aliphatic rings. The van der Waals surface area contributed by atoms with Crippen LogP contribution < -0.4 is 5.43 Å². The van der Waals surface area contributed by atoms with Crippen LogP contribution >= 0.6 is 0 Å². The summed E-state index contributed by atoms with van der Waals surface area (Å²) >= 11 is 0. The number of nitrogens with zero attached hydrogens (tertiary/aromatic N) is 4. The molecule has 32 heavy (non-hydrogen) atoms. The normalized spacial score (nSPS) is 19.2. The van der Waals surface area contributed by atoms with Gasteiger partial charge in [0.25, 0.3) is 5.91 Å². The fourth-order valence-electron chi connectivity index (χ4n) is 4.65. The van der Waals surface area contributed by atoms with Crippen LogP contribution in [0.2, 0.25) is 0 Å². The van der Waals surface area contributed by atoms with Gasteiger partial charge in [-0.1, -0.05) is 19.8 Å². The number of carbonyl (C=O) groups excluding carboxylic acids is 1. The van der Waals surface area contributed by atoms with Crippen molar-refractivity contribution in [3.05, 3.63) is 40.2 Å². The Hall–Kier alpha value is -2.23. The van der Waals surface area contributed by atoms with E-state index in [1.807, 2.05) is 0 Å². The molecular weight excluding hydrogens is 428 g/mol. The largest absolute Gasteiger partial charge is 0.350 e. The number of rotatable bonds is 4. The standard InChI is InChI=1S/C23H32N4O4S/c1-3-25-12-14-26(15-13-25)23(29)20-17-24(2)21-9-8-18(16-19(21)22(20)28)32(30,31)27-10-6-4-5-7-11-27/h8-9,16-17H,3-7,10-15H2,1-2H3. The first-order valence-corrected chi connectivity index (χ1v) is 12.9. The SMILES string of the molecule is CCN1CCN(C(=O)c2cn(C)c3ccc(S(=O)(=O)N4CCCCCC4)cc3c2=O)CC1. The van der Waals surface area contributed by atoms with Gasteiger partial charge in [-0.3, -0.25) is 9.59 Å². The molecule has 2 fully saturated rings. The predicted octanol–water partition coefficient (Wildman–Crippen LogP) is 1.88. The number of hydrogen-bond donors (Lipinski definition) is 0. The number of likely N-dealkylation sites (N-methyl/N-ethyl adjacent to an activating group) is 1. The second-order valence-corrected chi connectivity index (χ2v) is 10.6. The quantitative estimate of drug-likeness (QED) is 0.696. The fraction of sp³-hybridized carbons (Fsp3) is 0.565. The summed E-state index contributed by atoms with van der Waals surface area (Å²) in [5.41, 5.74) is 0.292. The molecule has 0 aliphatic carbocycles. The van der Waals surface area contributed by atoms with Crippen LogP contribution in [0.15, 0.2) is 34.1 Å². The monoisotopic (exact) mass is 460 g/mol. The molecule has 0 atom stereocenters. The molecule has 1 aromatic heterocycles. The highest BCUT2D eigenvalue weighted by Gasteiger charge is 2.27. The Balaban J connectivity index is 1.71. The molecule has 1 amide bonds. The molecular formula is C23H32N4O4S. The summed E-state index contributed by atoms with van der Waals surface area (Å²) in [6.07, 6.45) is 5.32. The molecule has 9 heteroatoms. The van der Waals surface area contributed by atoms with Gasteiger partial charge in [-0.15, -0.1) is 0 Å². The molecule has 0 saturated carbocycles. The number of carbonyl (C=O) groups is 1. The minimum absolute atomic E-state index is 0.0919. The number of benzene rings is 1. The molecule has 2 aliphatic heterocycles. The molecule has 8 nitrogen and oxygen atoms in total. The third-order valence-electron chi connectivity index (χ3n) is 6.70. The third kappa shape index (κ3) is 4.33. The topological polar surface area (TPSA) is 82.9 Å². The van der Waals surface area contributed by atoms with Crippen LogP contribution in [0, 0.1) is 0 Å². The van der Waals surface area contributed by atoms with Crippen molar-refractivity contribution in [3.63, 3.8) is 0 Å². The van der Waals surface area contributed by atoms with Crippen molar-refractivity contribution in [1.29, 1.82) is 0 Å². The number of pyridine rings is 1. The maximum Gasteiger partial charge on any atom is 0.259 e. The van der Waals surface area contributed by atoms with Crippen LogP contribution in [0.4, 0.5) is 0 Å². The summed E-state index contributed by atoms with van der Waals surface area (Å²) in [4.78, 5) is 30.6. The first-order chi connectivity index (χ1) is 15.3. The fourth-order valence-corrected chi connectivity index (χ4v) is 6.20. The van der Waals surface area contributed by atoms with Gasteiger partial charge in [-0.05, 0) is 37.6 Å². The minimum atomic E-state index is -3.68. The minimum Gasteiger partial charge on any atom is -0.350 e. The van der Waals surface area contributed by atoms with Crippen LogP contribution in [-0.2, 0) is 17.1 Å². The van der Waals surface area contributed by atoms with Crippen molar-refractivity contribution in [2.24, 2.45) is 7.05 Å². The lowest BCUT2D eigenvalue weighted by atomic mass is 10.1. The molecule has 0 bridgehead atoms. The van der Waals surface area contributed by atoms with E-state index in [1.165, 1.54) is 10.4 Å². The first kappa shape index (κ1) is 22.9. The Bertz CT molecular complexity index is 1160. The summed E-state index contributed by atoms with van der Waals surface area (Å²) < 4.78 is 29.7. The van der Waals surface area contributed by atoms with Crippen molar-refractivity contribution >= 4 is 26.8 Å². The van der Waals surface area contributed by atoms with Crippen molar-refractivity contribution in [2.45, 2.75) is 37.5 Å². The highest BCUT2D eigenvalue weighted by atomic mass is 32.2. The third-order valence-corrected chi connectivity index (χ3v) is 8.59. The highest BCUT2D eigenvalue weighted by Crippen LogP contribution is 2.23. The molecule has 174 valence electrons. The molecule has 1 aromatic carbocycles. The van der Waals surface area contributed by atoms with Crippen LogP contribution in [0.3, 0.4) is 0 Å². The van der Waals surface area contributed by atoms with E-state index < -0.39 is 15.5 Å². The van der Waals surface area contributed by atoms with Gasteiger partial charge in [-0.25, -0.2) is 8.42 Å². The van der Waals surface area contributed by atoms with Gasteiger partial charge in [0, 0.05) is 57.9 Å². The van der Waals surface area contributed by atoms with E-state index in [4.69, 9.17) is 0 Å². The van der Waals surface area contributed by atoms with Crippen molar-refractivity contribution in [1.82, 2.24) is 18.7 Å². The van der Waals surface area contributed by atoms with E-state index in [1.54, 1.807) is 34.8 Å². The Morgan fingerprint density at radius 1 is 0.969 bits per heavy atom. The zero-order chi connectivity index (χ0) is 22.9. The van der Waals surface area contributed by atoms with Crippen molar-refractivity contribution < 1.29 is 13.2 Å². The highest BCUT2D eigenvalue weighted by molar-refractivity contribution is 7.89. The second kappa shape index (κ2) is 9.33. The Labute approximate surface area is 189 Å². The number of hydrogen-bond acceptors (Lipinski definition) is 5. The van der Waals surface area contributed by atoms with Crippen LogP contribution in [0.25, 0.3) is 10.9 Å². The van der Waals surface area contributed by atoms with Crippen molar-refractivity contribution in [3.8, 4) is 0 Å². The average molecular weight is 461 g/mol. The van der Waals surface area contributed by atoms with E-state index in [0.29, 0.717) is 31.7 Å². The average Bonchev–Trinajstić information content (AvgIpc) is 3.11. The van der Waals surface area contributed by atoms with Gasteiger partial charge in [0.15, 0.2) is 0 Å². The number of amides is 1. The predicted molar refractivity (Wildman–Crippen MR) is 124 cm³/mol. The zero-order valence-corrected chi connectivity index (χ0v) is 19.7. The van der Waals surface area contributed by atoms with Crippen LogP contribution in [-0.4, -0.2) is 78.8 Å². The number of aryl methyl sites for hydroxylation is 1. The summed E-state index contributed by atoms with van der Waals surface area (Å²) in [6.45, 7) is 6.76. The first-order valence-electron chi connectivity index (χ1n) is 11.5. The Kier molecular flexibility index (Phi) is 6.69. The van der Waals surface area contributed by atoms with Gasteiger partial charge >= 0.3 is 0 Å². The molecule has 0 unspecified atom stereocenters. The number of sulfonamides is 1. The van der Waals surface area contributed by atoms with Crippen LogP contribution in [0.5, 0.6) is 0 Å². The van der Waals surface area contributed by atoms with Crippen LogP contribution in [0.1, 0.15) is 43.0 Å².